The maximum Gasteiger partial charge on any atom is 0.182 e. The van der Waals surface area contributed by atoms with Gasteiger partial charge in [0.15, 0.2) is 5.88 Å². The average molecular weight is 362 g/mol. The van der Waals surface area contributed by atoms with Crippen LogP contribution in [0, 0.1) is 0 Å². The molecule has 0 aliphatic carbocycles. The van der Waals surface area contributed by atoms with Crippen LogP contribution in [0.15, 0.2) is 12.5 Å². The maximum absolute atomic E-state index is 10.0. The fourth-order valence-corrected chi connectivity index (χ4v) is 1.24. The van der Waals surface area contributed by atoms with Gasteiger partial charge in [0.05, 0.1) is 0 Å². The Kier molecular flexibility index (Phi) is 39.2. The maximum atomic E-state index is 10.0. The Balaban J connectivity index is -0.0000000858. The van der Waals surface area contributed by atoms with Crippen molar-refractivity contribution in [2.45, 2.75) is 114 Å². The lowest BCUT2D eigenvalue weighted by molar-refractivity contribution is -0.117. The number of hydrogen-bond donors (Lipinski definition) is 0. The smallest absolute Gasteiger partial charge is 0.182 e. The summed E-state index contributed by atoms with van der Waals surface area (Å²) in [5, 5.41) is 0. The summed E-state index contributed by atoms with van der Waals surface area (Å²) in [5.41, 5.74) is -0.140. The van der Waals surface area contributed by atoms with Gasteiger partial charge in [-0.1, -0.05) is 61.8 Å². The molecule has 0 aliphatic rings. The lowest BCUT2D eigenvalue weighted by Gasteiger charge is -2.28. The van der Waals surface area contributed by atoms with Crippen molar-refractivity contribution in [3.8, 4) is 0 Å². The molecule has 0 amide bonds. The minimum absolute atomic E-state index is 0.140. The number of Topliss-reactive ketones (excluding diaryl/α,β-unsaturated/α-hetero) is 1. The van der Waals surface area contributed by atoms with Gasteiger partial charge in [0.25, 0.3) is 0 Å². The van der Waals surface area contributed by atoms with E-state index in [-0.39, 0.29) is 11.4 Å². The van der Waals surface area contributed by atoms with Gasteiger partial charge >= 0.3 is 0 Å². The zero-order chi connectivity index (χ0) is 21.5. The zero-order valence-corrected chi connectivity index (χ0v) is 20.0. The second kappa shape index (κ2) is 27.8. The molecule has 0 aromatic heterocycles. The number of hydrogen-bond acceptors (Lipinski definition) is 3. The van der Waals surface area contributed by atoms with Crippen LogP contribution >= 0.6 is 0 Å². The van der Waals surface area contributed by atoms with Crippen LogP contribution in [-0.2, 0) is 9.53 Å². The summed E-state index contributed by atoms with van der Waals surface area (Å²) in [4.78, 5) is 12.1. The molecule has 156 valence electrons. The second-order valence-corrected chi connectivity index (χ2v) is 6.19. The van der Waals surface area contributed by atoms with Gasteiger partial charge < -0.3 is 14.4 Å². The van der Waals surface area contributed by atoms with Crippen LogP contribution in [0.25, 0.3) is 0 Å². The van der Waals surface area contributed by atoms with E-state index in [1.807, 2.05) is 67.3 Å². The van der Waals surface area contributed by atoms with E-state index in [9.17, 15) is 4.79 Å². The highest BCUT2D eigenvalue weighted by atomic mass is 16.5. The van der Waals surface area contributed by atoms with Crippen molar-refractivity contribution in [2.24, 2.45) is 0 Å². The molecule has 0 unspecified atom stereocenters. The van der Waals surface area contributed by atoms with Gasteiger partial charge in [-0.15, -0.1) is 0 Å². The first-order valence-electron chi connectivity index (χ1n) is 10.1. The Morgan fingerprint density at radius 1 is 0.960 bits per heavy atom. The molecule has 0 fully saturated rings. The van der Waals surface area contributed by atoms with E-state index in [1.54, 1.807) is 6.92 Å². The largest absolute Gasteiger partial charge is 0.474 e. The molecular formula is C22H51NO2. The summed E-state index contributed by atoms with van der Waals surface area (Å²) >= 11 is 0. The van der Waals surface area contributed by atoms with Crippen LogP contribution in [-0.4, -0.2) is 29.9 Å². The van der Waals surface area contributed by atoms with Gasteiger partial charge in [-0.05, 0) is 47.1 Å². The Morgan fingerprint density at radius 3 is 1.48 bits per heavy atom. The molecule has 0 saturated heterocycles. The van der Waals surface area contributed by atoms with Crippen molar-refractivity contribution >= 4 is 5.78 Å². The summed E-state index contributed by atoms with van der Waals surface area (Å²) in [6.45, 7) is 28.9. The fraction of sp³-hybridized carbons (Fsp3) is 0.864. The molecular weight excluding hydrogens is 310 g/mol. The number of rotatable bonds is 6. The van der Waals surface area contributed by atoms with E-state index in [0.29, 0.717) is 0 Å². The average Bonchev–Trinajstić information content (AvgIpc) is 2.51. The highest BCUT2D eigenvalue weighted by molar-refractivity contribution is 5.75. The third kappa shape index (κ3) is 51.7. The van der Waals surface area contributed by atoms with Crippen molar-refractivity contribution in [1.29, 1.82) is 0 Å². The Hall–Kier alpha value is -0.990. The van der Waals surface area contributed by atoms with E-state index in [0.717, 1.165) is 31.7 Å². The molecule has 0 aliphatic heterocycles. The number of ketones is 1. The third-order valence-corrected chi connectivity index (χ3v) is 2.01. The Morgan fingerprint density at radius 2 is 1.32 bits per heavy atom. The summed E-state index contributed by atoms with van der Waals surface area (Å²) < 4.78 is 5.58. The standard InChI is InChI=1S/C10H21NO.C5H10O.C3H8.2C2H6/c1-7-8-11(6)9(2)12-10(3,4)5;1-3-4-5(2)6;1-3-2;2*1-2/h2,7-8H2,1,3-6H3;3-4H2,1-2H3;3H2,1-2H3;2*1-2H3. The lowest BCUT2D eigenvalue weighted by atomic mass is 10.2. The van der Waals surface area contributed by atoms with Crippen LogP contribution in [0.5, 0.6) is 0 Å². The Bertz CT molecular complexity index is 255. The van der Waals surface area contributed by atoms with Crippen LogP contribution in [0.4, 0.5) is 0 Å². The molecule has 0 heterocycles. The predicted molar refractivity (Wildman–Crippen MR) is 117 cm³/mol. The van der Waals surface area contributed by atoms with E-state index >= 15 is 0 Å². The van der Waals surface area contributed by atoms with Gasteiger partial charge in [-0.3, -0.25) is 0 Å². The quantitative estimate of drug-likeness (QED) is 0.460. The van der Waals surface area contributed by atoms with E-state index in [2.05, 4.69) is 27.4 Å². The summed E-state index contributed by atoms with van der Waals surface area (Å²) in [7, 11) is 2.00. The SMILES string of the molecule is C=C(OC(C)(C)C)N(C)CCC.CC.CC.CCC.CCCC(C)=O. The number of nitrogens with zero attached hydrogens (tertiary/aromatic N) is 1. The van der Waals surface area contributed by atoms with Crippen LogP contribution < -0.4 is 0 Å². The molecule has 0 atom stereocenters. The topological polar surface area (TPSA) is 29.5 Å². The van der Waals surface area contributed by atoms with E-state index in [1.165, 1.54) is 6.42 Å². The summed E-state index contributed by atoms with van der Waals surface area (Å²) in [6.07, 6.45) is 4.08. The highest BCUT2D eigenvalue weighted by Gasteiger charge is 2.14. The molecule has 0 bridgehead atoms. The van der Waals surface area contributed by atoms with E-state index in [4.69, 9.17) is 4.74 Å². The monoisotopic (exact) mass is 361 g/mol. The van der Waals surface area contributed by atoms with Crippen LogP contribution in [0.2, 0.25) is 0 Å². The molecule has 0 aromatic rings. The van der Waals surface area contributed by atoms with Crippen molar-refractivity contribution in [1.82, 2.24) is 4.90 Å². The van der Waals surface area contributed by atoms with Crippen molar-refractivity contribution in [3.05, 3.63) is 12.5 Å². The van der Waals surface area contributed by atoms with Gasteiger partial charge in [-0.25, -0.2) is 0 Å². The summed E-state index contributed by atoms with van der Waals surface area (Å²) in [6, 6.07) is 0. The molecule has 25 heavy (non-hydrogen) atoms. The predicted octanol–water partition coefficient (Wildman–Crippen LogP) is 7.46. The molecule has 0 saturated carbocycles. The minimum Gasteiger partial charge on any atom is -0.474 e. The first kappa shape index (κ1) is 35.2. The van der Waals surface area contributed by atoms with Gasteiger partial charge in [-0.2, -0.15) is 0 Å². The lowest BCUT2D eigenvalue weighted by Crippen LogP contribution is -2.27. The third-order valence-electron chi connectivity index (χ3n) is 2.01. The van der Waals surface area contributed by atoms with Gasteiger partial charge in [0.2, 0.25) is 0 Å². The van der Waals surface area contributed by atoms with Crippen molar-refractivity contribution in [3.63, 3.8) is 0 Å². The highest BCUT2D eigenvalue weighted by Crippen LogP contribution is 2.14. The van der Waals surface area contributed by atoms with Gasteiger partial charge in [0.1, 0.15) is 11.4 Å². The summed E-state index contributed by atoms with van der Waals surface area (Å²) in [5.74, 6) is 1.04. The number of carbonyl (C=O) groups excluding carboxylic acids is 1. The van der Waals surface area contributed by atoms with Crippen molar-refractivity contribution < 1.29 is 9.53 Å². The molecule has 0 aromatic carbocycles. The zero-order valence-electron chi connectivity index (χ0n) is 20.0. The molecule has 0 spiro atoms. The van der Waals surface area contributed by atoms with E-state index < -0.39 is 0 Å². The van der Waals surface area contributed by atoms with Crippen LogP contribution in [0.3, 0.4) is 0 Å². The fourth-order valence-electron chi connectivity index (χ4n) is 1.24. The molecule has 0 radical (unpaired) electrons. The van der Waals surface area contributed by atoms with Crippen LogP contribution in [0.1, 0.15) is 109 Å². The van der Waals surface area contributed by atoms with Crippen molar-refractivity contribution in [2.75, 3.05) is 13.6 Å². The molecule has 0 N–H and O–H groups in total. The molecule has 3 nitrogen and oxygen atoms in total. The molecule has 0 rings (SSSR count). The Labute approximate surface area is 161 Å². The molecule has 3 heteroatoms. The number of carbonyl (C=O) groups is 1. The first-order valence-corrected chi connectivity index (χ1v) is 10.1. The normalized spacial score (nSPS) is 8.52. The minimum atomic E-state index is -0.140. The van der Waals surface area contributed by atoms with Gasteiger partial charge in [0, 0.05) is 20.0 Å². The first-order chi connectivity index (χ1) is 11.5. The number of ether oxygens (including phenoxy) is 1. The second-order valence-electron chi connectivity index (χ2n) is 6.19.